The summed E-state index contributed by atoms with van der Waals surface area (Å²) in [5, 5.41) is 1.07. The van der Waals surface area contributed by atoms with Crippen molar-refractivity contribution in [3.63, 3.8) is 0 Å². The van der Waals surface area contributed by atoms with Gasteiger partial charge in [0.1, 0.15) is 0 Å². The molecule has 134 valence electrons. The Morgan fingerprint density at radius 1 is 1.32 bits per heavy atom. The quantitative estimate of drug-likeness (QED) is 0.845. The predicted molar refractivity (Wildman–Crippen MR) is 101 cm³/mol. The minimum atomic E-state index is 0.0875. The van der Waals surface area contributed by atoms with Gasteiger partial charge in [-0.25, -0.2) is 4.98 Å². The van der Waals surface area contributed by atoms with Crippen LogP contribution in [-0.4, -0.2) is 55.2 Å². The number of anilines is 1. The number of carbonyl (C=O) groups is 1. The maximum absolute atomic E-state index is 12.8. The molecule has 1 unspecified atom stereocenters. The molecule has 2 saturated heterocycles. The molecule has 1 amide bonds. The Hall–Kier alpha value is -1.66. The summed E-state index contributed by atoms with van der Waals surface area (Å²) in [6, 6.07) is 6.42. The van der Waals surface area contributed by atoms with Gasteiger partial charge in [0.15, 0.2) is 5.13 Å². The molecule has 6 heteroatoms. The molecule has 0 spiro atoms. The Kier molecular flexibility index (Phi) is 4.90. The smallest absolute Gasteiger partial charge is 0.227 e. The van der Waals surface area contributed by atoms with E-state index in [1.807, 2.05) is 4.90 Å². The molecule has 0 aliphatic carbocycles. The van der Waals surface area contributed by atoms with Crippen molar-refractivity contribution in [1.29, 1.82) is 0 Å². The van der Waals surface area contributed by atoms with Crippen LogP contribution in [0.5, 0.6) is 0 Å². The van der Waals surface area contributed by atoms with Crippen LogP contribution >= 0.6 is 11.3 Å². The molecule has 2 fully saturated rings. The summed E-state index contributed by atoms with van der Waals surface area (Å²) >= 11 is 1.75. The van der Waals surface area contributed by atoms with Crippen molar-refractivity contribution in [1.82, 2.24) is 9.88 Å². The third kappa shape index (κ3) is 3.37. The SMILES string of the molecule is CCc1cccc2sc(N3CCCC(C(=O)N4CCOCC4)C3)nc12. The highest BCUT2D eigenvalue weighted by atomic mass is 32.1. The fraction of sp³-hybridized carbons (Fsp3) is 0.579. The first kappa shape index (κ1) is 16.8. The molecule has 0 radical (unpaired) electrons. The molecule has 25 heavy (non-hydrogen) atoms. The van der Waals surface area contributed by atoms with E-state index in [0.717, 1.165) is 56.1 Å². The number of morpholine rings is 1. The molecule has 2 aromatic rings. The second kappa shape index (κ2) is 7.30. The number of hydrogen-bond acceptors (Lipinski definition) is 5. The molecule has 1 aromatic carbocycles. The molecule has 2 aliphatic rings. The first-order valence-corrected chi connectivity index (χ1v) is 10.1. The number of thiazole rings is 1. The number of piperidine rings is 1. The van der Waals surface area contributed by atoms with E-state index in [0.29, 0.717) is 19.1 Å². The van der Waals surface area contributed by atoms with E-state index in [-0.39, 0.29) is 5.92 Å². The van der Waals surface area contributed by atoms with Gasteiger partial charge in [0.2, 0.25) is 5.91 Å². The van der Waals surface area contributed by atoms with Crippen molar-refractivity contribution in [2.45, 2.75) is 26.2 Å². The molecule has 1 aromatic heterocycles. The average Bonchev–Trinajstić information content (AvgIpc) is 3.12. The fourth-order valence-corrected chi connectivity index (χ4v) is 4.86. The van der Waals surface area contributed by atoms with Gasteiger partial charge in [-0.05, 0) is 30.9 Å². The fourth-order valence-electron chi connectivity index (χ4n) is 3.81. The second-order valence-electron chi connectivity index (χ2n) is 6.84. The maximum Gasteiger partial charge on any atom is 0.227 e. The monoisotopic (exact) mass is 359 g/mol. The molecule has 5 nitrogen and oxygen atoms in total. The van der Waals surface area contributed by atoms with Crippen LogP contribution in [0.25, 0.3) is 10.2 Å². The predicted octanol–water partition coefficient (Wildman–Crippen LogP) is 2.93. The van der Waals surface area contributed by atoms with Crippen LogP contribution in [-0.2, 0) is 16.0 Å². The minimum absolute atomic E-state index is 0.0875. The summed E-state index contributed by atoms with van der Waals surface area (Å²) in [6.07, 6.45) is 3.04. The summed E-state index contributed by atoms with van der Waals surface area (Å²) in [7, 11) is 0. The Bertz CT molecular complexity index is 754. The lowest BCUT2D eigenvalue weighted by molar-refractivity contribution is -0.139. The average molecular weight is 359 g/mol. The number of carbonyl (C=O) groups excluding carboxylic acids is 1. The van der Waals surface area contributed by atoms with Crippen LogP contribution < -0.4 is 4.90 Å². The Morgan fingerprint density at radius 3 is 2.96 bits per heavy atom. The van der Waals surface area contributed by atoms with E-state index >= 15 is 0 Å². The number of rotatable bonds is 3. The highest BCUT2D eigenvalue weighted by Crippen LogP contribution is 2.33. The first-order valence-electron chi connectivity index (χ1n) is 9.26. The van der Waals surface area contributed by atoms with Gasteiger partial charge in [-0.2, -0.15) is 0 Å². The van der Waals surface area contributed by atoms with Crippen molar-refractivity contribution < 1.29 is 9.53 Å². The molecule has 2 aliphatic heterocycles. The molecule has 0 bridgehead atoms. The van der Waals surface area contributed by atoms with E-state index in [1.165, 1.54) is 10.3 Å². The summed E-state index contributed by atoms with van der Waals surface area (Å²) in [4.78, 5) is 22.0. The number of amides is 1. The van der Waals surface area contributed by atoms with E-state index in [4.69, 9.17) is 9.72 Å². The number of fused-ring (bicyclic) bond motifs is 1. The highest BCUT2D eigenvalue weighted by molar-refractivity contribution is 7.22. The van der Waals surface area contributed by atoms with Crippen LogP contribution in [0.2, 0.25) is 0 Å². The zero-order chi connectivity index (χ0) is 17.2. The number of benzene rings is 1. The van der Waals surface area contributed by atoms with Crippen LogP contribution in [0.1, 0.15) is 25.3 Å². The van der Waals surface area contributed by atoms with Crippen LogP contribution in [0, 0.1) is 5.92 Å². The van der Waals surface area contributed by atoms with Crippen molar-refractivity contribution in [2.24, 2.45) is 5.92 Å². The zero-order valence-electron chi connectivity index (χ0n) is 14.7. The molecular weight excluding hydrogens is 334 g/mol. The Labute approximate surface area is 152 Å². The van der Waals surface area contributed by atoms with Gasteiger partial charge in [-0.3, -0.25) is 4.79 Å². The summed E-state index contributed by atoms with van der Waals surface area (Å²) in [5.74, 6) is 0.382. The summed E-state index contributed by atoms with van der Waals surface area (Å²) in [6.45, 7) is 6.75. The number of hydrogen-bond donors (Lipinski definition) is 0. The first-order chi connectivity index (χ1) is 12.3. The standard InChI is InChI=1S/C19H25N3O2S/c1-2-14-5-3-7-16-17(14)20-19(25-16)22-8-4-6-15(13-22)18(23)21-9-11-24-12-10-21/h3,5,7,15H,2,4,6,8-13H2,1H3. The second-order valence-corrected chi connectivity index (χ2v) is 7.85. The lowest BCUT2D eigenvalue weighted by atomic mass is 9.96. The molecule has 4 rings (SSSR count). The molecular formula is C19H25N3O2S. The largest absolute Gasteiger partial charge is 0.378 e. The van der Waals surface area contributed by atoms with Gasteiger partial charge in [0.05, 0.1) is 29.3 Å². The molecule has 0 saturated carbocycles. The van der Waals surface area contributed by atoms with Crippen molar-refractivity contribution >= 4 is 32.6 Å². The number of aromatic nitrogens is 1. The normalized spacial score (nSPS) is 21.7. The minimum Gasteiger partial charge on any atom is -0.378 e. The van der Waals surface area contributed by atoms with Crippen LogP contribution in [0.4, 0.5) is 5.13 Å². The van der Waals surface area contributed by atoms with Gasteiger partial charge < -0.3 is 14.5 Å². The van der Waals surface area contributed by atoms with E-state index < -0.39 is 0 Å². The maximum atomic E-state index is 12.8. The van der Waals surface area contributed by atoms with Gasteiger partial charge in [0.25, 0.3) is 0 Å². The third-order valence-electron chi connectivity index (χ3n) is 5.24. The molecule has 0 N–H and O–H groups in total. The third-order valence-corrected chi connectivity index (χ3v) is 6.32. The zero-order valence-corrected chi connectivity index (χ0v) is 15.6. The lowest BCUT2D eigenvalue weighted by Gasteiger charge is -2.36. The lowest BCUT2D eigenvalue weighted by Crippen LogP contribution is -2.48. The van der Waals surface area contributed by atoms with Crippen LogP contribution in [0.15, 0.2) is 18.2 Å². The van der Waals surface area contributed by atoms with Gasteiger partial charge >= 0.3 is 0 Å². The molecule has 3 heterocycles. The van der Waals surface area contributed by atoms with Gasteiger partial charge in [-0.1, -0.05) is 30.4 Å². The highest BCUT2D eigenvalue weighted by Gasteiger charge is 2.31. The van der Waals surface area contributed by atoms with E-state index in [1.54, 1.807) is 11.3 Å². The number of aryl methyl sites for hydroxylation is 1. The van der Waals surface area contributed by atoms with Crippen molar-refractivity contribution in [2.75, 3.05) is 44.3 Å². The van der Waals surface area contributed by atoms with Gasteiger partial charge in [-0.15, -0.1) is 0 Å². The van der Waals surface area contributed by atoms with Crippen molar-refractivity contribution in [3.8, 4) is 0 Å². The number of nitrogens with zero attached hydrogens (tertiary/aromatic N) is 3. The Balaban J connectivity index is 1.52. The summed E-state index contributed by atoms with van der Waals surface area (Å²) < 4.78 is 6.62. The molecule has 1 atom stereocenters. The Morgan fingerprint density at radius 2 is 2.16 bits per heavy atom. The number of para-hydroxylation sites is 1. The van der Waals surface area contributed by atoms with Crippen LogP contribution in [0.3, 0.4) is 0 Å². The van der Waals surface area contributed by atoms with E-state index in [2.05, 4.69) is 30.0 Å². The van der Waals surface area contributed by atoms with Crippen molar-refractivity contribution in [3.05, 3.63) is 23.8 Å². The van der Waals surface area contributed by atoms with Gasteiger partial charge in [0, 0.05) is 26.2 Å². The summed E-state index contributed by atoms with van der Waals surface area (Å²) in [5.41, 5.74) is 2.43. The topological polar surface area (TPSA) is 45.7 Å². The number of ether oxygens (including phenoxy) is 1. The van der Waals surface area contributed by atoms with E-state index in [9.17, 15) is 4.79 Å².